The molecule has 1 saturated heterocycles. The molecular formula is C15H22ClN3. The van der Waals surface area contributed by atoms with E-state index in [0.717, 1.165) is 50.8 Å². The fourth-order valence-corrected chi connectivity index (χ4v) is 2.53. The minimum Gasteiger partial charge on any atom is -0.369 e. The highest BCUT2D eigenvalue weighted by atomic mass is 35.5. The lowest BCUT2D eigenvalue weighted by Gasteiger charge is -2.36. The van der Waals surface area contributed by atoms with E-state index in [1.165, 1.54) is 5.69 Å². The van der Waals surface area contributed by atoms with Gasteiger partial charge in [0.25, 0.3) is 0 Å². The van der Waals surface area contributed by atoms with Gasteiger partial charge in [-0.15, -0.1) is 6.58 Å². The smallest absolute Gasteiger partial charge is 0.0426 e. The summed E-state index contributed by atoms with van der Waals surface area (Å²) >= 11 is 6.04. The SMILES string of the molecule is C=CCNCCN1CCN(c2cccc(Cl)c2)CC1. The number of rotatable bonds is 6. The summed E-state index contributed by atoms with van der Waals surface area (Å²) in [5, 5.41) is 4.16. The first-order valence-corrected chi connectivity index (χ1v) is 7.22. The van der Waals surface area contributed by atoms with Gasteiger partial charge >= 0.3 is 0 Å². The van der Waals surface area contributed by atoms with Crippen molar-refractivity contribution in [3.8, 4) is 0 Å². The van der Waals surface area contributed by atoms with Gasteiger partial charge in [-0.2, -0.15) is 0 Å². The molecule has 0 bridgehead atoms. The van der Waals surface area contributed by atoms with E-state index in [2.05, 4.69) is 27.8 Å². The van der Waals surface area contributed by atoms with Gasteiger partial charge in [0, 0.05) is 56.5 Å². The predicted octanol–water partition coefficient (Wildman–Crippen LogP) is 2.24. The topological polar surface area (TPSA) is 18.5 Å². The van der Waals surface area contributed by atoms with Gasteiger partial charge in [-0.1, -0.05) is 23.7 Å². The van der Waals surface area contributed by atoms with Crippen LogP contribution in [0.3, 0.4) is 0 Å². The van der Waals surface area contributed by atoms with Crippen molar-refractivity contribution in [2.75, 3.05) is 50.7 Å². The Bertz CT molecular complexity index is 400. The normalized spacial score (nSPS) is 16.6. The van der Waals surface area contributed by atoms with Crippen LogP contribution in [0.1, 0.15) is 0 Å². The number of benzene rings is 1. The van der Waals surface area contributed by atoms with Gasteiger partial charge in [-0.25, -0.2) is 0 Å². The Morgan fingerprint density at radius 2 is 2.05 bits per heavy atom. The molecule has 0 aliphatic carbocycles. The van der Waals surface area contributed by atoms with Crippen LogP contribution in [0.15, 0.2) is 36.9 Å². The molecule has 104 valence electrons. The van der Waals surface area contributed by atoms with Crippen LogP contribution in [0.2, 0.25) is 5.02 Å². The van der Waals surface area contributed by atoms with Crippen LogP contribution >= 0.6 is 11.6 Å². The number of hydrogen-bond acceptors (Lipinski definition) is 3. The standard InChI is InChI=1S/C15H22ClN3/c1-2-6-17-7-8-18-9-11-19(12-10-18)15-5-3-4-14(16)13-15/h2-5,13,17H,1,6-12H2. The molecule has 19 heavy (non-hydrogen) atoms. The Kier molecular flexibility index (Phi) is 5.70. The van der Waals surface area contributed by atoms with Gasteiger partial charge in [0.2, 0.25) is 0 Å². The Morgan fingerprint density at radius 1 is 1.26 bits per heavy atom. The van der Waals surface area contributed by atoms with E-state index in [4.69, 9.17) is 11.6 Å². The number of piperazine rings is 1. The van der Waals surface area contributed by atoms with Crippen LogP contribution in [0.4, 0.5) is 5.69 Å². The second kappa shape index (κ2) is 7.53. The Hall–Kier alpha value is -1.03. The van der Waals surface area contributed by atoms with Gasteiger partial charge in [0.15, 0.2) is 0 Å². The number of hydrogen-bond donors (Lipinski definition) is 1. The molecule has 1 aliphatic heterocycles. The van der Waals surface area contributed by atoms with Gasteiger partial charge in [-0.05, 0) is 18.2 Å². The van der Waals surface area contributed by atoms with Crippen LogP contribution in [0.5, 0.6) is 0 Å². The predicted molar refractivity (Wildman–Crippen MR) is 83.2 cm³/mol. The van der Waals surface area contributed by atoms with Crippen LogP contribution in [0, 0.1) is 0 Å². The molecule has 0 amide bonds. The first-order valence-electron chi connectivity index (χ1n) is 6.84. The van der Waals surface area contributed by atoms with Crippen molar-refractivity contribution in [3.63, 3.8) is 0 Å². The lowest BCUT2D eigenvalue weighted by atomic mass is 10.2. The molecule has 1 heterocycles. The molecule has 1 aromatic carbocycles. The largest absolute Gasteiger partial charge is 0.369 e. The summed E-state index contributed by atoms with van der Waals surface area (Å²) in [6, 6.07) is 8.12. The molecule has 2 rings (SSSR count). The molecule has 1 aliphatic rings. The molecule has 0 spiro atoms. The van der Waals surface area contributed by atoms with E-state index in [9.17, 15) is 0 Å². The van der Waals surface area contributed by atoms with Gasteiger partial charge < -0.3 is 10.2 Å². The molecule has 0 unspecified atom stereocenters. The van der Waals surface area contributed by atoms with E-state index < -0.39 is 0 Å². The third-order valence-electron chi connectivity index (χ3n) is 3.44. The highest BCUT2D eigenvalue weighted by Crippen LogP contribution is 2.20. The molecule has 0 saturated carbocycles. The summed E-state index contributed by atoms with van der Waals surface area (Å²) in [4.78, 5) is 4.90. The molecule has 0 aromatic heterocycles. The van der Waals surface area contributed by atoms with Crippen molar-refractivity contribution in [2.24, 2.45) is 0 Å². The zero-order chi connectivity index (χ0) is 13.5. The number of halogens is 1. The van der Waals surface area contributed by atoms with Crippen LogP contribution in [0.25, 0.3) is 0 Å². The average molecular weight is 280 g/mol. The quantitative estimate of drug-likeness (QED) is 0.636. The summed E-state index contributed by atoms with van der Waals surface area (Å²) in [6.07, 6.45) is 1.90. The summed E-state index contributed by atoms with van der Waals surface area (Å²) in [5.74, 6) is 0. The summed E-state index contributed by atoms with van der Waals surface area (Å²) in [6.45, 7) is 11.1. The van der Waals surface area contributed by atoms with Gasteiger partial charge in [0.1, 0.15) is 0 Å². The highest BCUT2D eigenvalue weighted by molar-refractivity contribution is 6.30. The van der Waals surface area contributed by atoms with E-state index >= 15 is 0 Å². The van der Waals surface area contributed by atoms with Gasteiger partial charge in [0.05, 0.1) is 0 Å². The lowest BCUT2D eigenvalue weighted by Crippen LogP contribution is -2.48. The van der Waals surface area contributed by atoms with Crippen molar-refractivity contribution in [3.05, 3.63) is 41.9 Å². The van der Waals surface area contributed by atoms with Crippen molar-refractivity contribution in [1.29, 1.82) is 0 Å². The van der Waals surface area contributed by atoms with Crippen molar-refractivity contribution in [2.45, 2.75) is 0 Å². The van der Waals surface area contributed by atoms with E-state index in [0.29, 0.717) is 0 Å². The van der Waals surface area contributed by atoms with Crippen molar-refractivity contribution >= 4 is 17.3 Å². The maximum atomic E-state index is 6.04. The summed E-state index contributed by atoms with van der Waals surface area (Å²) in [7, 11) is 0. The zero-order valence-electron chi connectivity index (χ0n) is 11.3. The van der Waals surface area contributed by atoms with Crippen molar-refractivity contribution < 1.29 is 0 Å². The fraction of sp³-hybridized carbons (Fsp3) is 0.467. The third kappa shape index (κ3) is 4.53. The maximum Gasteiger partial charge on any atom is 0.0426 e. The van der Waals surface area contributed by atoms with Crippen LogP contribution in [-0.2, 0) is 0 Å². The lowest BCUT2D eigenvalue weighted by molar-refractivity contribution is 0.259. The van der Waals surface area contributed by atoms with E-state index in [1.54, 1.807) is 0 Å². The fourth-order valence-electron chi connectivity index (χ4n) is 2.34. The Labute approximate surface area is 120 Å². The Balaban J connectivity index is 1.74. The molecule has 0 radical (unpaired) electrons. The maximum absolute atomic E-state index is 6.04. The highest BCUT2D eigenvalue weighted by Gasteiger charge is 2.16. The average Bonchev–Trinajstić information content (AvgIpc) is 2.44. The van der Waals surface area contributed by atoms with Crippen LogP contribution < -0.4 is 10.2 Å². The van der Waals surface area contributed by atoms with Crippen LogP contribution in [-0.4, -0.2) is 50.7 Å². The van der Waals surface area contributed by atoms with Crippen molar-refractivity contribution in [1.82, 2.24) is 10.2 Å². The molecular weight excluding hydrogens is 258 g/mol. The molecule has 1 fully saturated rings. The monoisotopic (exact) mass is 279 g/mol. The van der Waals surface area contributed by atoms with E-state index in [1.807, 2.05) is 24.3 Å². The molecule has 1 aromatic rings. The van der Waals surface area contributed by atoms with Gasteiger partial charge in [-0.3, -0.25) is 4.90 Å². The minimum absolute atomic E-state index is 0.813. The summed E-state index contributed by atoms with van der Waals surface area (Å²) < 4.78 is 0. The van der Waals surface area contributed by atoms with E-state index in [-0.39, 0.29) is 0 Å². The first kappa shape index (κ1) is 14.4. The molecule has 0 atom stereocenters. The second-order valence-corrected chi connectivity index (χ2v) is 5.24. The molecule has 4 heteroatoms. The number of nitrogens with zero attached hydrogens (tertiary/aromatic N) is 2. The number of anilines is 1. The number of nitrogens with one attached hydrogen (secondary N) is 1. The second-order valence-electron chi connectivity index (χ2n) is 4.80. The minimum atomic E-state index is 0.813. The molecule has 1 N–H and O–H groups in total. The zero-order valence-corrected chi connectivity index (χ0v) is 12.1. The molecule has 3 nitrogen and oxygen atoms in total. The summed E-state index contributed by atoms with van der Waals surface area (Å²) in [5.41, 5.74) is 1.23. The first-order chi connectivity index (χ1) is 9.29. The Morgan fingerprint density at radius 3 is 2.74 bits per heavy atom. The third-order valence-corrected chi connectivity index (χ3v) is 3.67.